The summed E-state index contributed by atoms with van der Waals surface area (Å²) in [6, 6.07) is 8.14. The highest BCUT2D eigenvalue weighted by Crippen LogP contribution is 2.31. The van der Waals surface area contributed by atoms with Crippen molar-refractivity contribution in [2.45, 2.75) is 26.2 Å². The third-order valence-electron chi connectivity index (χ3n) is 4.34. The Bertz CT molecular complexity index is 678. The van der Waals surface area contributed by atoms with Crippen LogP contribution in [0.3, 0.4) is 0 Å². The van der Waals surface area contributed by atoms with E-state index in [9.17, 15) is 10.2 Å². The van der Waals surface area contributed by atoms with Gasteiger partial charge in [-0.25, -0.2) is 0 Å². The van der Waals surface area contributed by atoms with E-state index in [1.54, 1.807) is 7.85 Å². The summed E-state index contributed by atoms with van der Waals surface area (Å²) in [6.45, 7) is 6.52. The summed E-state index contributed by atoms with van der Waals surface area (Å²) in [5.74, 6) is -0.155. The summed E-state index contributed by atoms with van der Waals surface area (Å²) in [7, 11) is 5.68. The van der Waals surface area contributed by atoms with Crippen molar-refractivity contribution in [3.63, 3.8) is 0 Å². The van der Waals surface area contributed by atoms with Crippen LogP contribution in [0.4, 0.5) is 11.4 Å². The van der Waals surface area contributed by atoms with E-state index in [-0.39, 0.29) is 16.9 Å². The molecular formula is C16H22B3NO2. The molecule has 22 heavy (non-hydrogen) atoms. The maximum atomic E-state index is 10.2. The molecule has 2 aromatic carbocycles. The van der Waals surface area contributed by atoms with E-state index in [0.29, 0.717) is 11.2 Å². The van der Waals surface area contributed by atoms with Crippen LogP contribution in [-0.4, -0.2) is 33.8 Å². The Kier molecular flexibility index (Phi) is 4.23. The van der Waals surface area contributed by atoms with Crippen molar-refractivity contribution in [2.75, 3.05) is 5.32 Å². The molecule has 112 valence electrons. The zero-order chi connectivity index (χ0) is 16.7. The zero-order valence-electron chi connectivity index (χ0n) is 14.2. The SMILES string of the molecule is Bc1c(B)c(O)c(O)c(Nc2ccc(C(C)(C)C)cc2)c1B. The fraction of sp³-hybridized carbons (Fsp3) is 0.250. The smallest absolute Gasteiger partial charge is 0.180 e. The Hall–Kier alpha value is -1.97. The molecule has 0 unspecified atom stereocenters. The highest BCUT2D eigenvalue weighted by atomic mass is 16.3. The minimum atomic E-state index is -0.0968. The van der Waals surface area contributed by atoms with Crippen molar-refractivity contribution in [1.29, 1.82) is 0 Å². The van der Waals surface area contributed by atoms with Gasteiger partial charge in [-0.3, -0.25) is 0 Å². The Labute approximate surface area is 135 Å². The molecule has 0 radical (unpaired) electrons. The van der Waals surface area contributed by atoms with Crippen LogP contribution in [0.15, 0.2) is 24.3 Å². The van der Waals surface area contributed by atoms with Gasteiger partial charge in [0.05, 0.1) is 5.69 Å². The van der Waals surface area contributed by atoms with Gasteiger partial charge in [-0.05, 0) is 23.1 Å². The number of rotatable bonds is 2. The lowest BCUT2D eigenvalue weighted by atomic mass is 9.71. The van der Waals surface area contributed by atoms with Crippen LogP contribution in [0.5, 0.6) is 11.5 Å². The molecule has 0 saturated carbocycles. The van der Waals surface area contributed by atoms with E-state index < -0.39 is 0 Å². The molecule has 0 aliphatic carbocycles. The molecule has 0 spiro atoms. The quantitative estimate of drug-likeness (QED) is 0.487. The standard InChI is InChI=1S/C16H22B3NO2/c1-16(2,3)8-4-6-9(7-5-8)20-13-11(18)10(17)12(19)14(21)15(13)22/h4-7,20-22H,17-19H2,1-3H3. The first-order valence-corrected chi connectivity index (χ1v) is 7.52. The van der Waals surface area contributed by atoms with Crippen LogP contribution in [0.2, 0.25) is 0 Å². The second-order valence-corrected chi connectivity index (χ2v) is 6.90. The predicted octanol–water partition coefficient (Wildman–Crippen LogP) is -1.09. The van der Waals surface area contributed by atoms with Crippen molar-refractivity contribution in [1.82, 2.24) is 0 Å². The lowest BCUT2D eigenvalue weighted by molar-refractivity contribution is 0.409. The molecule has 2 aromatic rings. The van der Waals surface area contributed by atoms with Crippen LogP contribution in [0.1, 0.15) is 26.3 Å². The maximum Gasteiger partial charge on any atom is 0.180 e. The second kappa shape index (κ2) is 5.67. The molecule has 0 fully saturated rings. The summed E-state index contributed by atoms with van der Waals surface area (Å²) >= 11 is 0. The van der Waals surface area contributed by atoms with Gasteiger partial charge >= 0.3 is 0 Å². The average molecular weight is 293 g/mol. The number of hydrogen-bond donors (Lipinski definition) is 3. The van der Waals surface area contributed by atoms with Crippen LogP contribution < -0.4 is 21.7 Å². The summed E-state index contributed by atoms with van der Waals surface area (Å²) in [6.07, 6.45) is 0. The largest absolute Gasteiger partial charge is 0.505 e. The van der Waals surface area contributed by atoms with Gasteiger partial charge < -0.3 is 15.5 Å². The van der Waals surface area contributed by atoms with E-state index >= 15 is 0 Å². The fourth-order valence-electron chi connectivity index (χ4n) is 2.47. The Morgan fingerprint density at radius 3 is 1.86 bits per heavy atom. The molecule has 3 nitrogen and oxygen atoms in total. The molecular weight excluding hydrogens is 271 g/mol. The number of anilines is 2. The van der Waals surface area contributed by atoms with Gasteiger partial charge in [-0.1, -0.05) is 49.3 Å². The number of phenolic OH excluding ortho intramolecular Hbond substituents is 2. The predicted molar refractivity (Wildman–Crippen MR) is 103 cm³/mol. The monoisotopic (exact) mass is 293 g/mol. The van der Waals surface area contributed by atoms with E-state index in [0.717, 1.165) is 16.6 Å². The van der Waals surface area contributed by atoms with Crippen molar-refractivity contribution in [3.05, 3.63) is 29.8 Å². The molecule has 2 rings (SSSR count). The second-order valence-electron chi connectivity index (χ2n) is 6.90. The summed E-state index contributed by atoms with van der Waals surface area (Å²) in [5.41, 5.74) is 5.43. The molecule has 0 bridgehead atoms. The third-order valence-corrected chi connectivity index (χ3v) is 4.34. The number of benzene rings is 2. The molecule has 0 atom stereocenters. The van der Waals surface area contributed by atoms with Gasteiger partial charge in [-0.15, -0.1) is 0 Å². The number of nitrogens with one attached hydrogen (secondary N) is 1. The molecule has 0 aliphatic rings. The maximum absolute atomic E-state index is 10.2. The highest BCUT2D eigenvalue weighted by Gasteiger charge is 2.17. The molecule has 0 saturated heterocycles. The first-order valence-electron chi connectivity index (χ1n) is 7.52. The van der Waals surface area contributed by atoms with E-state index in [1.807, 2.05) is 27.8 Å². The van der Waals surface area contributed by atoms with Crippen molar-refractivity contribution in [3.8, 4) is 11.5 Å². The lowest BCUT2D eigenvalue weighted by Gasteiger charge is -2.21. The highest BCUT2D eigenvalue weighted by molar-refractivity contribution is 6.59. The molecule has 0 heterocycles. The lowest BCUT2D eigenvalue weighted by Crippen LogP contribution is -2.40. The van der Waals surface area contributed by atoms with E-state index in [4.69, 9.17) is 0 Å². The number of aromatic hydroxyl groups is 2. The number of hydrogen-bond acceptors (Lipinski definition) is 3. The van der Waals surface area contributed by atoms with E-state index in [2.05, 4.69) is 38.2 Å². The minimum Gasteiger partial charge on any atom is -0.505 e. The fourth-order valence-corrected chi connectivity index (χ4v) is 2.47. The average Bonchev–Trinajstić information content (AvgIpc) is 2.47. The third kappa shape index (κ3) is 2.96. The summed E-state index contributed by atoms with van der Waals surface area (Å²) < 4.78 is 0. The topological polar surface area (TPSA) is 52.5 Å². The van der Waals surface area contributed by atoms with Crippen LogP contribution in [-0.2, 0) is 5.41 Å². The zero-order valence-corrected chi connectivity index (χ0v) is 14.2. The van der Waals surface area contributed by atoms with Gasteiger partial charge in [0.2, 0.25) is 0 Å². The van der Waals surface area contributed by atoms with Gasteiger partial charge in [0.15, 0.2) is 11.5 Å². The molecule has 0 aromatic heterocycles. The Morgan fingerprint density at radius 1 is 0.818 bits per heavy atom. The van der Waals surface area contributed by atoms with Gasteiger partial charge in [0.25, 0.3) is 0 Å². The molecule has 0 aliphatic heterocycles. The van der Waals surface area contributed by atoms with Gasteiger partial charge in [-0.2, -0.15) is 0 Å². The van der Waals surface area contributed by atoms with E-state index in [1.165, 1.54) is 5.56 Å². The first-order chi connectivity index (χ1) is 10.1. The number of phenols is 2. The molecule has 6 heteroatoms. The van der Waals surface area contributed by atoms with Crippen molar-refractivity contribution in [2.24, 2.45) is 0 Å². The van der Waals surface area contributed by atoms with Crippen molar-refractivity contribution < 1.29 is 10.2 Å². The molecule has 0 amide bonds. The minimum absolute atomic E-state index is 0.0584. The Morgan fingerprint density at radius 2 is 1.36 bits per heavy atom. The molecule has 3 N–H and O–H groups in total. The van der Waals surface area contributed by atoms with Crippen molar-refractivity contribution >= 4 is 51.3 Å². The van der Waals surface area contributed by atoms with Crippen LogP contribution >= 0.6 is 0 Å². The Balaban J connectivity index is 2.40. The summed E-state index contributed by atoms with van der Waals surface area (Å²) in [4.78, 5) is 0. The van der Waals surface area contributed by atoms with Gasteiger partial charge in [0, 0.05) is 5.69 Å². The van der Waals surface area contributed by atoms with Gasteiger partial charge in [0.1, 0.15) is 23.5 Å². The van der Waals surface area contributed by atoms with Crippen LogP contribution in [0, 0.1) is 0 Å². The van der Waals surface area contributed by atoms with Crippen LogP contribution in [0.25, 0.3) is 0 Å². The first kappa shape index (κ1) is 16.4. The normalized spacial score (nSPS) is 11.4. The summed E-state index contributed by atoms with van der Waals surface area (Å²) in [5, 5.41) is 23.5.